The van der Waals surface area contributed by atoms with Gasteiger partial charge < -0.3 is 9.64 Å². The summed E-state index contributed by atoms with van der Waals surface area (Å²) in [5.41, 5.74) is -0.603. The highest BCUT2D eigenvalue weighted by Gasteiger charge is 2.42. The highest BCUT2D eigenvalue weighted by Crippen LogP contribution is 2.28. The lowest BCUT2D eigenvalue weighted by Crippen LogP contribution is -2.46. The molecule has 1 fully saturated rings. The first kappa shape index (κ1) is 13.5. The Labute approximate surface area is 111 Å². The normalized spacial score (nSPS) is 17.7. The molecule has 0 aliphatic carbocycles. The molecule has 1 heterocycles. The zero-order chi connectivity index (χ0) is 14.2. The lowest BCUT2D eigenvalue weighted by molar-refractivity contribution is -0.123. The van der Waals surface area contributed by atoms with Crippen LogP contribution in [0.25, 0.3) is 0 Å². The molecule has 5 heteroatoms. The Hall–Kier alpha value is -1.91. The number of rotatable bonds is 2. The third kappa shape index (κ3) is 2.20. The molecule has 1 aliphatic heterocycles. The molecule has 1 aliphatic rings. The summed E-state index contributed by atoms with van der Waals surface area (Å²) in [6.07, 6.45) is 0.345. The molecule has 0 aromatic heterocycles. The second kappa shape index (κ2) is 4.64. The van der Waals surface area contributed by atoms with Gasteiger partial charge in [0.2, 0.25) is 0 Å². The average Bonchev–Trinajstić information content (AvgIpc) is 2.63. The minimum atomic E-state index is -0.826. The zero-order valence-corrected chi connectivity index (χ0v) is 11.2. The Bertz CT molecular complexity index is 539. The van der Waals surface area contributed by atoms with E-state index in [1.165, 1.54) is 24.1 Å². The van der Waals surface area contributed by atoms with Crippen molar-refractivity contribution in [3.63, 3.8) is 0 Å². The molecule has 1 aromatic rings. The first-order valence-electron chi connectivity index (χ1n) is 6.06. The van der Waals surface area contributed by atoms with E-state index in [9.17, 15) is 14.0 Å². The Kier molecular flexibility index (Phi) is 3.30. The van der Waals surface area contributed by atoms with Crippen molar-refractivity contribution in [2.75, 3.05) is 13.7 Å². The Morgan fingerprint density at radius 1 is 1.42 bits per heavy atom. The number of nitrogens with zero attached hydrogens (tertiary/aromatic N) is 1. The number of halogens is 1. The predicted octanol–water partition coefficient (Wildman–Crippen LogP) is 2.03. The third-order valence-electron chi connectivity index (χ3n) is 3.56. The standard InChI is InChI=1S/C14H16FNO3/c1-14(2)12(17)6-7-16(14)13(18)9-4-5-11(19-3)10(15)8-9/h4-5,8H,6-7H2,1-3H3. The van der Waals surface area contributed by atoms with E-state index >= 15 is 0 Å². The van der Waals surface area contributed by atoms with Gasteiger partial charge in [-0.2, -0.15) is 0 Å². The van der Waals surface area contributed by atoms with Gasteiger partial charge in [-0.3, -0.25) is 9.59 Å². The topological polar surface area (TPSA) is 46.6 Å². The van der Waals surface area contributed by atoms with Gasteiger partial charge in [-0.05, 0) is 32.0 Å². The summed E-state index contributed by atoms with van der Waals surface area (Å²) in [5, 5.41) is 0. The highest BCUT2D eigenvalue weighted by molar-refractivity contribution is 6.01. The summed E-state index contributed by atoms with van der Waals surface area (Å²) in [5.74, 6) is -0.808. The van der Waals surface area contributed by atoms with E-state index in [-0.39, 0.29) is 23.0 Å². The zero-order valence-electron chi connectivity index (χ0n) is 11.2. The fraction of sp³-hybridized carbons (Fsp3) is 0.429. The van der Waals surface area contributed by atoms with Gasteiger partial charge in [0.1, 0.15) is 0 Å². The Morgan fingerprint density at radius 2 is 2.11 bits per heavy atom. The van der Waals surface area contributed by atoms with E-state index in [1.807, 2.05) is 0 Å². The summed E-state index contributed by atoms with van der Waals surface area (Å²) in [7, 11) is 1.36. The van der Waals surface area contributed by atoms with Crippen LogP contribution in [0, 0.1) is 5.82 Å². The number of hydrogen-bond donors (Lipinski definition) is 0. The average molecular weight is 265 g/mol. The van der Waals surface area contributed by atoms with Gasteiger partial charge in [-0.1, -0.05) is 0 Å². The van der Waals surface area contributed by atoms with Crippen LogP contribution in [-0.2, 0) is 4.79 Å². The van der Waals surface area contributed by atoms with Crippen molar-refractivity contribution in [1.82, 2.24) is 4.90 Å². The van der Waals surface area contributed by atoms with Crippen LogP contribution in [-0.4, -0.2) is 35.8 Å². The number of ketones is 1. The van der Waals surface area contributed by atoms with Crippen molar-refractivity contribution < 1.29 is 18.7 Å². The van der Waals surface area contributed by atoms with E-state index in [4.69, 9.17) is 4.74 Å². The largest absolute Gasteiger partial charge is 0.494 e. The molecule has 0 saturated carbocycles. The summed E-state index contributed by atoms with van der Waals surface area (Å²) in [6, 6.07) is 4.05. The van der Waals surface area contributed by atoms with Crippen molar-refractivity contribution in [2.24, 2.45) is 0 Å². The second-order valence-corrected chi connectivity index (χ2v) is 5.04. The molecule has 0 unspecified atom stereocenters. The number of ether oxygens (including phenoxy) is 1. The van der Waals surface area contributed by atoms with Gasteiger partial charge in [-0.15, -0.1) is 0 Å². The van der Waals surface area contributed by atoms with Crippen LogP contribution >= 0.6 is 0 Å². The molecule has 1 amide bonds. The van der Waals surface area contributed by atoms with Crippen LogP contribution in [0.5, 0.6) is 5.75 Å². The smallest absolute Gasteiger partial charge is 0.254 e. The molecule has 0 atom stereocenters. The number of methoxy groups -OCH3 is 1. The van der Waals surface area contributed by atoms with Gasteiger partial charge in [0.15, 0.2) is 17.3 Å². The monoisotopic (exact) mass is 265 g/mol. The number of benzene rings is 1. The summed E-state index contributed by atoms with van der Waals surface area (Å²) >= 11 is 0. The molecule has 2 rings (SSSR count). The van der Waals surface area contributed by atoms with Crippen molar-refractivity contribution in [3.05, 3.63) is 29.6 Å². The van der Waals surface area contributed by atoms with Crippen molar-refractivity contribution >= 4 is 11.7 Å². The molecule has 0 spiro atoms. The fourth-order valence-electron chi connectivity index (χ4n) is 2.26. The lowest BCUT2D eigenvalue weighted by Gasteiger charge is -2.30. The van der Waals surface area contributed by atoms with Crippen molar-refractivity contribution in [3.8, 4) is 5.75 Å². The van der Waals surface area contributed by atoms with E-state index in [1.54, 1.807) is 13.8 Å². The maximum absolute atomic E-state index is 13.6. The third-order valence-corrected chi connectivity index (χ3v) is 3.56. The maximum Gasteiger partial charge on any atom is 0.254 e. The molecule has 0 bridgehead atoms. The van der Waals surface area contributed by atoms with Crippen LogP contribution in [0.2, 0.25) is 0 Å². The van der Waals surface area contributed by atoms with Gasteiger partial charge >= 0.3 is 0 Å². The molecule has 0 N–H and O–H groups in total. The van der Waals surface area contributed by atoms with Gasteiger partial charge in [0.05, 0.1) is 12.6 Å². The predicted molar refractivity (Wildman–Crippen MR) is 67.7 cm³/mol. The van der Waals surface area contributed by atoms with Gasteiger partial charge in [0.25, 0.3) is 5.91 Å². The van der Waals surface area contributed by atoms with Crippen molar-refractivity contribution in [1.29, 1.82) is 0 Å². The second-order valence-electron chi connectivity index (χ2n) is 5.04. The first-order valence-corrected chi connectivity index (χ1v) is 6.06. The number of hydrogen-bond acceptors (Lipinski definition) is 3. The first-order chi connectivity index (χ1) is 8.87. The number of amides is 1. The number of Topliss-reactive ketones (excluding diaryl/α,β-unsaturated/α-hetero) is 1. The molecule has 0 radical (unpaired) electrons. The molecule has 4 nitrogen and oxygen atoms in total. The summed E-state index contributed by atoms with van der Waals surface area (Å²) < 4.78 is 18.4. The minimum absolute atomic E-state index is 0.0230. The van der Waals surface area contributed by atoms with E-state index in [0.29, 0.717) is 13.0 Å². The number of likely N-dealkylation sites (tertiary alicyclic amines) is 1. The molecular formula is C14H16FNO3. The molecule has 1 aromatic carbocycles. The summed E-state index contributed by atoms with van der Waals surface area (Å²) in [4.78, 5) is 25.5. The van der Waals surface area contributed by atoms with Crippen LogP contribution in [0.15, 0.2) is 18.2 Å². The molecular weight excluding hydrogens is 249 g/mol. The number of carbonyl (C=O) groups is 2. The molecule has 1 saturated heterocycles. The number of carbonyl (C=O) groups excluding carboxylic acids is 2. The van der Waals surface area contributed by atoms with E-state index in [0.717, 1.165) is 6.07 Å². The molecule has 19 heavy (non-hydrogen) atoms. The van der Waals surface area contributed by atoms with Gasteiger partial charge in [0, 0.05) is 18.5 Å². The Balaban J connectivity index is 2.30. The Morgan fingerprint density at radius 3 is 2.58 bits per heavy atom. The van der Waals surface area contributed by atoms with Gasteiger partial charge in [-0.25, -0.2) is 4.39 Å². The highest BCUT2D eigenvalue weighted by atomic mass is 19.1. The van der Waals surface area contributed by atoms with Crippen molar-refractivity contribution in [2.45, 2.75) is 25.8 Å². The van der Waals surface area contributed by atoms with Crippen LogP contribution in [0.4, 0.5) is 4.39 Å². The van der Waals surface area contributed by atoms with Crippen LogP contribution < -0.4 is 4.74 Å². The maximum atomic E-state index is 13.6. The fourth-order valence-corrected chi connectivity index (χ4v) is 2.26. The van der Waals surface area contributed by atoms with Crippen LogP contribution in [0.1, 0.15) is 30.6 Å². The minimum Gasteiger partial charge on any atom is -0.494 e. The summed E-state index contributed by atoms with van der Waals surface area (Å²) in [6.45, 7) is 3.79. The SMILES string of the molecule is COc1ccc(C(=O)N2CCC(=O)C2(C)C)cc1F. The lowest BCUT2D eigenvalue weighted by atomic mass is 10.00. The van der Waals surface area contributed by atoms with E-state index < -0.39 is 11.4 Å². The van der Waals surface area contributed by atoms with E-state index in [2.05, 4.69) is 0 Å². The van der Waals surface area contributed by atoms with Crippen LogP contribution in [0.3, 0.4) is 0 Å². The quantitative estimate of drug-likeness (QED) is 0.822. The molecule has 102 valence electrons.